The Morgan fingerprint density at radius 1 is 0.333 bits per heavy atom. The van der Waals surface area contributed by atoms with Gasteiger partial charge in [0.25, 0.3) is 0 Å². The zero-order valence-electron chi connectivity index (χ0n) is 23.5. The van der Waals surface area contributed by atoms with Gasteiger partial charge in [-0.05, 0) is 13.3 Å². The number of hydrogen-bond acceptors (Lipinski definition) is 1. The molecule has 0 spiro atoms. The maximum atomic E-state index is 5.27. The first-order valence-corrected chi connectivity index (χ1v) is 15.8. The van der Waals surface area contributed by atoms with E-state index in [9.17, 15) is 0 Å². The predicted octanol–water partition coefficient (Wildman–Crippen LogP) is 12.1. The van der Waals surface area contributed by atoms with Gasteiger partial charge < -0.3 is 4.74 Å². The van der Waals surface area contributed by atoms with E-state index in [2.05, 4.69) is 13.8 Å². The van der Waals surface area contributed by atoms with Crippen LogP contribution in [0.25, 0.3) is 0 Å². The van der Waals surface area contributed by atoms with Crippen LogP contribution in [-0.2, 0) is 4.74 Å². The van der Waals surface area contributed by atoms with Crippen molar-refractivity contribution in [2.24, 2.45) is 0 Å². The third-order valence-corrected chi connectivity index (χ3v) is 7.21. The minimum Gasteiger partial charge on any atom is -0.376 e. The fourth-order valence-corrected chi connectivity index (χ4v) is 4.92. The first-order valence-electron chi connectivity index (χ1n) is 15.8. The van der Waals surface area contributed by atoms with Gasteiger partial charge in [0.1, 0.15) is 0 Å². The van der Waals surface area contributed by atoms with Crippen LogP contribution in [0.4, 0.5) is 0 Å². The molecule has 0 aromatic heterocycles. The minimum atomic E-state index is 0.819. The van der Waals surface area contributed by atoms with Gasteiger partial charge in [-0.15, -0.1) is 0 Å². The molecule has 0 amide bonds. The molecule has 0 aliphatic carbocycles. The van der Waals surface area contributed by atoms with E-state index >= 15 is 0 Å². The Balaban J connectivity index is 2.99. The Kier molecular flexibility index (Phi) is 31.9. The van der Waals surface area contributed by atoms with Crippen LogP contribution in [0.3, 0.4) is 0 Å². The summed E-state index contributed by atoms with van der Waals surface area (Å²) in [6.07, 6.45) is 40.6. The maximum absolute atomic E-state index is 5.27. The van der Waals surface area contributed by atoms with Crippen molar-refractivity contribution in [1.29, 1.82) is 0 Å². The molecular formula is C32H65O. The van der Waals surface area contributed by atoms with E-state index in [4.69, 9.17) is 4.74 Å². The Morgan fingerprint density at radius 2 is 0.576 bits per heavy atom. The van der Waals surface area contributed by atoms with Gasteiger partial charge >= 0.3 is 0 Å². The molecule has 1 radical (unpaired) electrons. The van der Waals surface area contributed by atoms with Crippen LogP contribution in [-0.4, -0.2) is 6.61 Å². The van der Waals surface area contributed by atoms with Crippen LogP contribution in [0.15, 0.2) is 0 Å². The van der Waals surface area contributed by atoms with Gasteiger partial charge in [-0.25, -0.2) is 0 Å². The molecule has 1 heteroatoms. The highest BCUT2D eigenvalue weighted by atomic mass is 16.5. The molecule has 0 fully saturated rings. The smallest absolute Gasteiger partial charge is 0.0836 e. The molecule has 0 rings (SSSR count). The van der Waals surface area contributed by atoms with E-state index in [1.54, 1.807) is 0 Å². The molecule has 199 valence electrons. The lowest BCUT2D eigenvalue weighted by molar-refractivity contribution is 0.205. The van der Waals surface area contributed by atoms with Crippen molar-refractivity contribution < 1.29 is 4.74 Å². The van der Waals surface area contributed by atoms with E-state index in [0.717, 1.165) is 13.0 Å². The van der Waals surface area contributed by atoms with Crippen molar-refractivity contribution in [2.75, 3.05) is 6.61 Å². The molecule has 0 heterocycles. The number of hydrogen-bond donors (Lipinski definition) is 0. The minimum absolute atomic E-state index is 0.819. The van der Waals surface area contributed by atoms with Crippen molar-refractivity contribution in [3.63, 3.8) is 0 Å². The fraction of sp³-hybridized carbons (Fsp3) is 0.969. The van der Waals surface area contributed by atoms with Crippen molar-refractivity contribution in [3.05, 3.63) is 6.61 Å². The lowest BCUT2D eigenvalue weighted by atomic mass is 10.0. The molecule has 0 N–H and O–H groups in total. The third kappa shape index (κ3) is 32.0. The predicted molar refractivity (Wildman–Crippen MR) is 151 cm³/mol. The zero-order valence-corrected chi connectivity index (χ0v) is 23.5. The highest BCUT2D eigenvalue weighted by Crippen LogP contribution is 2.16. The second-order valence-electron chi connectivity index (χ2n) is 10.6. The first kappa shape index (κ1) is 33.0. The lowest BCUT2D eigenvalue weighted by Crippen LogP contribution is -1.87. The molecule has 0 saturated heterocycles. The monoisotopic (exact) mass is 466 g/mol. The molecular weight excluding hydrogens is 400 g/mol. The van der Waals surface area contributed by atoms with E-state index in [0.29, 0.717) is 0 Å². The Morgan fingerprint density at radius 3 is 0.818 bits per heavy atom. The quantitative estimate of drug-likeness (QED) is 0.0958. The van der Waals surface area contributed by atoms with Crippen molar-refractivity contribution in [1.82, 2.24) is 0 Å². The average molecular weight is 466 g/mol. The second-order valence-corrected chi connectivity index (χ2v) is 10.6. The summed E-state index contributed by atoms with van der Waals surface area (Å²) in [6, 6.07) is 0. The molecule has 0 atom stereocenters. The maximum Gasteiger partial charge on any atom is 0.0836 e. The molecule has 0 unspecified atom stereocenters. The highest BCUT2D eigenvalue weighted by Gasteiger charge is 1.96. The fourth-order valence-electron chi connectivity index (χ4n) is 4.92. The van der Waals surface area contributed by atoms with Crippen molar-refractivity contribution in [2.45, 2.75) is 194 Å². The molecule has 0 bridgehead atoms. The van der Waals surface area contributed by atoms with Gasteiger partial charge in [0, 0.05) is 6.61 Å². The lowest BCUT2D eigenvalue weighted by Gasteiger charge is -2.04. The van der Waals surface area contributed by atoms with Crippen molar-refractivity contribution in [3.8, 4) is 0 Å². The average Bonchev–Trinajstić information content (AvgIpc) is 2.83. The third-order valence-electron chi connectivity index (χ3n) is 7.21. The number of unbranched alkanes of at least 4 members (excludes halogenated alkanes) is 27. The Bertz CT molecular complexity index is 284. The van der Waals surface area contributed by atoms with Gasteiger partial charge in [-0.1, -0.05) is 180 Å². The zero-order chi connectivity index (χ0) is 23.9. The van der Waals surface area contributed by atoms with E-state index in [-0.39, 0.29) is 0 Å². The first-order chi connectivity index (χ1) is 16.4. The largest absolute Gasteiger partial charge is 0.376 e. The summed E-state index contributed by atoms with van der Waals surface area (Å²) >= 11 is 0. The van der Waals surface area contributed by atoms with Crippen LogP contribution in [0.1, 0.15) is 194 Å². The summed E-state index contributed by atoms with van der Waals surface area (Å²) in [5, 5.41) is 0. The van der Waals surface area contributed by atoms with E-state index in [1.165, 1.54) is 173 Å². The molecule has 0 aromatic carbocycles. The molecule has 0 aromatic rings. The summed E-state index contributed by atoms with van der Waals surface area (Å²) in [7, 11) is 0. The van der Waals surface area contributed by atoms with Crippen LogP contribution >= 0.6 is 0 Å². The van der Waals surface area contributed by atoms with Crippen LogP contribution in [0, 0.1) is 6.61 Å². The highest BCUT2D eigenvalue weighted by molar-refractivity contribution is 4.54. The van der Waals surface area contributed by atoms with Gasteiger partial charge in [0.15, 0.2) is 0 Å². The van der Waals surface area contributed by atoms with E-state index in [1.807, 2.05) is 6.61 Å². The molecule has 0 aliphatic heterocycles. The normalized spacial score (nSPS) is 11.5. The Hall–Kier alpha value is -0.0400. The topological polar surface area (TPSA) is 9.23 Å². The second kappa shape index (κ2) is 32.0. The molecule has 0 aliphatic rings. The van der Waals surface area contributed by atoms with Crippen LogP contribution < -0.4 is 0 Å². The SMILES string of the molecule is CCCCCCCCCCCCCCCCCCCCCCCCCCCCC[CH]OCC. The van der Waals surface area contributed by atoms with Gasteiger partial charge in [-0.3, -0.25) is 0 Å². The van der Waals surface area contributed by atoms with Gasteiger partial charge in [0.05, 0.1) is 6.61 Å². The molecule has 33 heavy (non-hydrogen) atoms. The summed E-state index contributed by atoms with van der Waals surface area (Å²) in [5.41, 5.74) is 0. The number of rotatable bonds is 30. The van der Waals surface area contributed by atoms with Crippen LogP contribution in [0.2, 0.25) is 0 Å². The molecule has 1 nitrogen and oxygen atoms in total. The van der Waals surface area contributed by atoms with Crippen molar-refractivity contribution >= 4 is 0 Å². The summed E-state index contributed by atoms with van der Waals surface area (Å²) in [6.45, 7) is 7.16. The standard InChI is InChI=1S/C32H65O/c1-3-5-6-7-8-9-10-11-12-13-14-15-16-17-18-19-20-21-22-23-24-25-26-27-28-29-30-31-32-33-4-2/h32H,3-31H2,1-2H3. The van der Waals surface area contributed by atoms with Crippen LogP contribution in [0.5, 0.6) is 0 Å². The van der Waals surface area contributed by atoms with Gasteiger partial charge in [0.2, 0.25) is 0 Å². The summed E-state index contributed by atoms with van der Waals surface area (Å²) in [4.78, 5) is 0. The molecule has 0 saturated carbocycles. The summed E-state index contributed by atoms with van der Waals surface area (Å²) in [5.74, 6) is 0. The summed E-state index contributed by atoms with van der Waals surface area (Å²) < 4.78 is 5.27. The van der Waals surface area contributed by atoms with Gasteiger partial charge in [-0.2, -0.15) is 0 Å². The number of ether oxygens (including phenoxy) is 1. The van der Waals surface area contributed by atoms with E-state index < -0.39 is 0 Å². The Labute approximate surface area is 211 Å².